The van der Waals surface area contributed by atoms with Gasteiger partial charge in [-0.2, -0.15) is 0 Å². The molecule has 0 spiro atoms. The van der Waals surface area contributed by atoms with E-state index in [1.54, 1.807) is 18.2 Å². The van der Waals surface area contributed by atoms with Gasteiger partial charge in [0.25, 0.3) is 5.22 Å². The first-order chi connectivity index (χ1) is 11.9. The Balaban J connectivity index is 1.76. The highest BCUT2D eigenvalue weighted by Crippen LogP contribution is 2.36. The van der Waals surface area contributed by atoms with Gasteiger partial charge in [0.1, 0.15) is 0 Å². The molecule has 9 nitrogen and oxygen atoms in total. The monoisotopic (exact) mass is 364 g/mol. The van der Waals surface area contributed by atoms with E-state index >= 15 is 0 Å². The second-order valence-corrected chi connectivity index (χ2v) is 6.67. The zero-order chi connectivity index (χ0) is 18.0. The zero-order valence-electron chi connectivity index (χ0n) is 13.5. The van der Waals surface area contributed by atoms with Gasteiger partial charge < -0.3 is 19.6 Å². The second-order valence-electron chi connectivity index (χ2n) is 5.58. The molecule has 0 radical (unpaired) electrons. The average molecular weight is 364 g/mol. The molecule has 10 heteroatoms. The maximum atomic E-state index is 12.1. The molecular weight excluding hydrogens is 348 g/mol. The van der Waals surface area contributed by atoms with E-state index in [1.165, 1.54) is 0 Å². The topological polar surface area (TPSA) is 130 Å². The Morgan fingerprint density at radius 3 is 2.72 bits per heavy atom. The first kappa shape index (κ1) is 17.1. The van der Waals surface area contributed by atoms with E-state index in [0.29, 0.717) is 23.0 Å². The number of nitrogens with one attached hydrogen (secondary N) is 1. The molecule has 3 rings (SSSR count). The number of fused-ring (bicyclic) bond motifs is 1. The summed E-state index contributed by atoms with van der Waals surface area (Å²) in [7, 11) is 0. The summed E-state index contributed by atoms with van der Waals surface area (Å²) in [6.45, 7) is 3.86. The van der Waals surface area contributed by atoms with Gasteiger partial charge in [0, 0.05) is 5.56 Å². The molecule has 1 aliphatic rings. The highest BCUT2D eigenvalue weighted by atomic mass is 32.2. The fraction of sp³-hybridized carbons (Fsp3) is 0.333. The summed E-state index contributed by atoms with van der Waals surface area (Å²) in [5.74, 6) is 0.964. The van der Waals surface area contributed by atoms with Gasteiger partial charge in [-0.25, -0.2) is 4.79 Å². The number of primary amides is 1. The van der Waals surface area contributed by atoms with Crippen molar-refractivity contribution in [1.29, 1.82) is 0 Å². The van der Waals surface area contributed by atoms with Crippen molar-refractivity contribution in [3.63, 3.8) is 0 Å². The van der Waals surface area contributed by atoms with Gasteiger partial charge in [0.15, 0.2) is 11.5 Å². The lowest BCUT2D eigenvalue weighted by Crippen LogP contribution is -2.42. The number of nitrogens with zero attached hydrogens (tertiary/aromatic N) is 2. The predicted molar refractivity (Wildman–Crippen MR) is 88.1 cm³/mol. The van der Waals surface area contributed by atoms with Gasteiger partial charge in [0.05, 0.1) is 5.25 Å². The Labute approximate surface area is 147 Å². The van der Waals surface area contributed by atoms with Crippen LogP contribution in [0.15, 0.2) is 27.8 Å². The summed E-state index contributed by atoms with van der Waals surface area (Å²) >= 11 is 1.07. The fourth-order valence-electron chi connectivity index (χ4n) is 2.20. The molecule has 2 aromatic rings. The molecule has 0 unspecified atom stereocenters. The molecule has 25 heavy (non-hydrogen) atoms. The molecule has 1 aliphatic heterocycles. The van der Waals surface area contributed by atoms with Crippen LogP contribution < -0.4 is 20.5 Å². The van der Waals surface area contributed by atoms with Gasteiger partial charge in [-0.3, -0.25) is 10.1 Å². The number of imide groups is 1. The standard InChI is InChI=1S/C15H16N4O5S/c1-7(2)11(12(20)17-14(16)21)25-15-19-18-13(24-15)8-3-4-9-10(5-8)23-6-22-9/h3-5,7,11H,6H2,1-2H3,(H3,16,17,20,21)/t11-/m1/s1. The largest absolute Gasteiger partial charge is 0.454 e. The van der Waals surface area contributed by atoms with Crippen molar-refractivity contribution in [3.05, 3.63) is 18.2 Å². The number of thioether (sulfide) groups is 1. The smallest absolute Gasteiger partial charge is 0.318 e. The van der Waals surface area contributed by atoms with Gasteiger partial charge in [-0.1, -0.05) is 25.6 Å². The number of urea groups is 1. The average Bonchev–Trinajstić information content (AvgIpc) is 3.19. The Bertz CT molecular complexity index is 807. The number of amides is 3. The van der Waals surface area contributed by atoms with Crippen LogP contribution in [0.5, 0.6) is 11.5 Å². The molecule has 0 saturated heterocycles. The van der Waals surface area contributed by atoms with E-state index in [-0.39, 0.29) is 17.9 Å². The van der Waals surface area contributed by atoms with Crippen molar-refractivity contribution in [2.45, 2.75) is 24.3 Å². The third-order valence-corrected chi connectivity index (χ3v) is 4.74. The number of carbonyl (C=O) groups excluding carboxylic acids is 2. The Morgan fingerprint density at radius 1 is 1.24 bits per heavy atom. The van der Waals surface area contributed by atoms with E-state index in [9.17, 15) is 9.59 Å². The summed E-state index contributed by atoms with van der Waals surface area (Å²) in [6.07, 6.45) is 0. The normalized spacial score (nSPS) is 13.7. The molecule has 3 amide bonds. The van der Waals surface area contributed by atoms with E-state index in [0.717, 1.165) is 11.8 Å². The van der Waals surface area contributed by atoms with E-state index in [1.807, 2.05) is 13.8 Å². The summed E-state index contributed by atoms with van der Waals surface area (Å²) < 4.78 is 16.2. The molecule has 0 aliphatic carbocycles. The molecule has 3 N–H and O–H groups in total. The summed E-state index contributed by atoms with van der Waals surface area (Å²) in [6, 6.07) is 4.37. The molecule has 0 fully saturated rings. The van der Waals surface area contributed by atoms with Crippen LogP contribution in [0.1, 0.15) is 13.8 Å². The van der Waals surface area contributed by atoms with Crippen LogP contribution in [-0.2, 0) is 4.79 Å². The summed E-state index contributed by atoms with van der Waals surface area (Å²) in [5, 5.41) is 9.62. The SMILES string of the molecule is CC(C)[C@@H](Sc1nnc(-c2ccc3c(c2)OCO3)o1)C(=O)NC(N)=O. The van der Waals surface area contributed by atoms with Gasteiger partial charge in [0.2, 0.25) is 18.6 Å². The van der Waals surface area contributed by atoms with Crippen LogP contribution in [0.4, 0.5) is 4.79 Å². The summed E-state index contributed by atoms with van der Waals surface area (Å²) in [4.78, 5) is 22.9. The Morgan fingerprint density at radius 2 is 2.00 bits per heavy atom. The van der Waals surface area contributed by atoms with Crippen LogP contribution in [0, 0.1) is 5.92 Å². The minimum atomic E-state index is -0.900. The van der Waals surface area contributed by atoms with Crippen LogP contribution in [0.3, 0.4) is 0 Å². The molecule has 2 heterocycles. The lowest BCUT2D eigenvalue weighted by Gasteiger charge is -2.16. The van der Waals surface area contributed by atoms with Crippen LogP contribution in [-0.4, -0.2) is 34.2 Å². The summed E-state index contributed by atoms with van der Waals surface area (Å²) in [5.41, 5.74) is 5.67. The minimum absolute atomic E-state index is 0.0785. The number of hydrogen-bond acceptors (Lipinski definition) is 8. The Kier molecular flexibility index (Phi) is 4.79. The van der Waals surface area contributed by atoms with Crippen LogP contribution >= 0.6 is 11.8 Å². The number of carbonyl (C=O) groups is 2. The van der Waals surface area contributed by atoms with Gasteiger partial charge in [-0.05, 0) is 24.1 Å². The maximum Gasteiger partial charge on any atom is 0.318 e. The zero-order valence-corrected chi connectivity index (χ0v) is 14.3. The van der Waals surface area contributed by atoms with Crippen molar-refractivity contribution in [1.82, 2.24) is 15.5 Å². The number of rotatable bonds is 5. The number of nitrogens with two attached hydrogens (primary N) is 1. The molecule has 1 aromatic carbocycles. The number of ether oxygens (including phenoxy) is 2. The second kappa shape index (κ2) is 7.01. The predicted octanol–water partition coefficient (Wildman–Crippen LogP) is 1.78. The van der Waals surface area contributed by atoms with Crippen molar-refractivity contribution in [2.24, 2.45) is 11.7 Å². The quantitative estimate of drug-likeness (QED) is 0.768. The van der Waals surface area contributed by atoms with Gasteiger partial charge >= 0.3 is 6.03 Å². The number of aromatic nitrogens is 2. The van der Waals surface area contributed by atoms with Gasteiger partial charge in [-0.15, -0.1) is 10.2 Å². The van der Waals surface area contributed by atoms with E-state index in [2.05, 4.69) is 15.5 Å². The first-order valence-electron chi connectivity index (χ1n) is 7.44. The van der Waals surface area contributed by atoms with Crippen LogP contribution in [0.2, 0.25) is 0 Å². The van der Waals surface area contributed by atoms with Crippen molar-refractivity contribution in [2.75, 3.05) is 6.79 Å². The molecule has 0 saturated carbocycles. The van der Waals surface area contributed by atoms with Crippen molar-refractivity contribution < 1.29 is 23.5 Å². The first-order valence-corrected chi connectivity index (χ1v) is 8.32. The molecule has 1 atom stereocenters. The van der Waals surface area contributed by atoms with Crippen LogP contribution in [0.25, 0.3) is 11.5 Å². The number of hydrogen-bond donors (Lipinski definition) is 2. The molecular formula is C15H16N4O5S. The third-order valence-electron chi connectivity index (χ3n) is 3.36. The maximum absolute atomic E-state index is 12.1. The minimum Gasteiger partial charge on any atom is -0.454 e. The van der Waals surface area contributed by atoms with E-state index in [4.69, 9.17) is 19.6 Å². The molecule has 1 aromatic heterocycles. The highest BCUT2D eigenvalue weighted by molar-refractivity contribution is 8.00. The lowest BCUT2D eigenvalue weighted by molar-refractivity contribution is -0.120. The molecule has 132 valence electrons. The third kappa shape index (κ3) is 3.85. The molecule has 0 bridgehead atoms. The fourth-order valence-corrected chi connectivity index (χ4v) is 3.07. The lowest BCUT2D eigenvalue weighted by atomic mass is 10.1. The van der Waals surface area contributed by atoms with Crippen molar-refractivity contribution in [3.8, 4) is 23.0 Å². The Hall–Kier alpha value is -2.75. The highest BCUT2D eigenvalue weighted by Gasteiger charge is 2.27. The van der Waals surface area contributed by atoms with Crippen molar-refractivity contribution >= 4 is 23.7 Å². The number of benzene rings is 1. The van der Waals surface area contributed by atoms with E-state index < -0.39 is 17.2 Å².